The van der Waals surface area contributed by atoms with Crippen molar-refractivity contribution in [2.75, 3.05) is 12.5 Å². The molecule has 1 saturated carbocycles. The van der Waals surface area contributed by atoms with Crippen LogP contribution < -0.4 is 10.2 Å². The number of phenols is 1. The molecule has 0 spiro atoms. The molecule has 2 aliphatic heterocycles. The van der Waals surface area contributed by atoms with Gasteiger partial charge < -0.3 is 9.84 Å². The standard InChI is InChI=1S/C33H26BrClFN3O7/c1-46-25-13-16(34)12-23(28(25)40)27-20-10-11-21-26(31(43)39(45)29(21)41)22(20)14-24-30(42)38(37-19-8-6-18(36)7-9-19)32(44)33(24,27)15-2-4-17(35)5-3-15/h2-10,12-13,21-22,24,26-27,37,40,45H,11,14H2,1H3/t21-,22+,24-,26-,27+,33+/m0/s1. The topological polar surface area (TPSA) is 136 Å². The molecule has 2 aliphatic carbocycles. The van der Waals surface area contributed by atoms with Crippen molar-refractivity contribution in [2.45, 2.75) is 24.2 Å². The van der Waals surface area contributed by atoms with Crippen LogP contribution in [0.15, 0.2) is 76.8 Å². The van der Waals surface area contributed by atoms with E-state index in [2.05, 4.69) is 21.4 Å². The molecule has 3 aromatic rings. The molecule has 0 aromatic heterocycles. The molecule has 13 heteroatoms. The van der Waals surface area contributed by atoms with Gasteiger partial charge in [0, 0.05) is 21.0 Å². The lowest BCUT2D eigenvalue weighted by Gasteiger charge is -2.50. The quantitative estimate of drug-likeness (QED) is 0.184. The molecule has 2 heterocycles. The molecule has 3 fully saturated rings. The number of halogens is 3. The van der Waals surface area contributed by atoms with Crippen molar-refractivity contribution in [3.05, 3.63) is 98.8 Å². The van der Waals surface area contributed by atoms with Crippen LogP contribution >= 0.6 is 27.5 Å². The molecular formula is C33H26BrClFN3O7. The predicted molar refractivity (Wildman–Crippen MR) is 165 cm³/mol. The number of hydrogen-bond donors (Lipinski definition) is 3. The molecule has 3 aromatic carbocycles. The molecule has 2 saturated heterocycles. The molecule has 0 unspecified atom stereocenters. The number of amides is 4. The highest BCUT2D eigenvalue weighted by molar-refractivity contribution is 9.10. The third-order valence-electron chi connectivity index (χ3n) is 9.83. The van der Waals surface area contributed by atoms with E-state index in [4.69, 9.17) is 16.3 Å². The van der Waals surface area contributed by atoms with E-state index in [1.807, 2.05) is 0 Å². The van der Waals surface area contributed by atoms with Crippen LogP contribution in [0.1, 0.15) is 29.9 Å². The van der Waals surface area contributed by atoms with E-state index in [1.165, 1.54) is 31.4 Å². The molecule has 3 N–H and O–H groups in total. The number of carbonyl (C=O) groups is 4. The summed E-state index contributed by atoms with van der Waals surface area (Å²) in [7, 11) is 1.38. The Morgan fingerprint density at radius 2 is 1.70 bits per heavy atom. The number of anilines is 1. The molecule has 7 rings (SSSR count). The van der Waals surface area contributed by atoms with Gasteiger partial charge in [-0.1, -0.05) is 51.3 Å². The van der Waals surface area contributed by atoms with Gasteiger partial charge in [-0.25, -0.2) is 4.39 Å². The number of methoxy groups -OCH3 is 1. The van der Waals surface area contributed by atoms with Crippen molar-refractivity contribution in [1.29, 1.82) is 0 Å². The van der Waals surface area contributed by atoms with Crippen molar-refractivity contribution >= 4 is 56.8 Å². The van der Waals surface area contributed by atoms with Crippen molar-refractivity contribution < 1.29 is 38.6 Å². The first-order valence-corrected chi connectivity index (χ1v) is 15.7. The fraction of sp³-hybridized carbons (Fsp3) is 0.273. The van der Waals surface area contributed by atoms with Gasteiger partial charge in [0.05, 0.1) is 36.0 Å². The lowest BCUT2D eigenvalue weighted by Crippen LogP contribution is -2.53. The number of phenolic OH excluding ortho intramolecular Hbond substituents is 1. The summed E-state index contributed by atoms with van der Waals surface area (Å²) in [5.41, 5.74) is 2.72. The number of hydrazine groups is 1. The Balaban J connectivity index is 1.51. The van der Waals surface area contributed by atoms with E-state index in [0.29, 0.717) is 20.6 Å². The first-order valence-electron chi connectivity index (χ1n) is 14.5. The number of nitrogens with zero attached hydrogens (tertiary/aromatic N) is 2. The Hall–Kier alpha value is -4.26. The maximum Gasteiger partial charge on any atom is 0.260 e. The van der Waals surface area contributed by atoms with Crippen molar-refractivity contribution in [1.82, 2.24) is 10.1 Å². The van der Waals surface area contributed by atoms with Crippen LogP contribution in [0.2, 0.25) is 5.02 Å². The highest BCUT2D eigenvalue weighted by Gasteiger charge is 2.70. The SMILES string of the molecule is COc1cc(Br)cc([C@H]2C3=CC[C@@H]4C(=O)N(O)C(=O)[C@@H]4[C@@H]3C[C@H]3C(=O)N(Nc4ccc(F)cc4)C(=O)[C@@]23c2ccc(Cl)cc2)c1O. The zero-order chi connectivity index (χ0) is 32.7. The summed E-state index contributed by atoms with van der Waals surface area (Å²) in [6, 6.07) is 14.9. The van der Waals surface area contributed by atoms with E-state index in [-0.39, 0.29) is 40.7 Å². The second-order valence-electron chi connectivity index (χ2n) is 11.9. The Bertz CT molecular complexity index is 1850. The number of fused-ring (bicyclic) bond motifs is 4. The average molecular weight is 711 g/mol. The number of imide groups is 2. The fourth-order valence-electron chi connectivity index (χ4n) is 7.95. The normalized spacial score (nSPS) is 28.5. The monoisotopic (exact) mass is 709 g/mol. The summed E-state index contributed by atoms with van der Waals surface area (Å²) >= 11 is 9.77. The molecule has 4 amide bonds. The van der Waals surface area contributed by atoms with E-state index in [1.54, 1.807) is 42.5 Å². The molecule has 0 bridgehead atoms. The van der Waals surface area contributed by atoms with Gasteiger partial charge in [0.1, 0.15) is 5.82 Å². The third-order valence-corrected chi connectivity index (χ3v) is 10.5. The Kier molecular flexibility index (Phi) is 7.22. The molecule has 0 radical (unpaired) electrons. The summed E-state index contributed by atoms with van der Waals surface area (Å²) in [5.74, 6) is -8.16. The molecule has 236 valence electrons. The molecule has 46 heavy (non-hydrogen) atoms. The second-order valence-corrected chi connectivity index (χ2v) is 13.3. The van der Waals surface area contributed by atoms with Crippen molar-refractivity contribution in [3.8, 4) is 11.5 Å². The minimum Gasteiger partial charge on any atom is -0.504 e. The lowest BCUT2D eigenvalue weighted by atomic mass is 9.49. The lowest BCUT2D eigenvalue weighted by molar-refractivity contribution is -0.173. The van der Waals surface area contributed by atoms with Crippen LogP contribution in [0.5, 0.6) is 11.5 Å². The molecule has 6 atom stereocenters. The minimum absolute atomic E-state index is 0.0168. The Morgan fingerprint density at radius 3 is 2.37 bits per heavy atom. The zero-order valence-corrected chi connectivity index (χ0v) is 26.5. The summed E-state index contributed by atoms with van der Waals surface area (Å²) in [6.07, 6.45) is 1.87. The zero-order valence-electron chi connectivity index (χ0n) is 24.1. The van der Waals surface area contributed by atoms with E-state index < -0.39 is 64.5 Å². The number of carbonyl (C=O) groups excluding carboxylic acids is 4. The van der Waals surface area contributed by atoms with Crippen molar-refractivity contribution in [2.24, 2.45) is 23.7 Å². The van der Waals surface area contributed by atoms with Gasteiger partial charge >= 0.3 is 0 Å². The average Bonchev–Trinajstić information content (AvgIpc) is 3.40. The number of rotatable bonds is 5. The predicted octanol–water partition coefficient (Wildman–Crippen LogP) is 5.33. The van der Waals surface area contributed by atoms with Gasteiger partial charge in [0.15, 0.2) is 11.5 Å². The fourth-order valence-corrected chi connectivity index (χ4v) is 8.53. The van der Waals surface area contributed by atoms with Crippen LogP contribution in [0.3, 0.4) is 0 Å². The van der Waals surface area contributed by atoms with Gasteiger partial charge in [-0.3, -0.25) is 29.8 Å². The molecule has 4 aliphatic rings. The van der Waals surface area contributed by atoms with E-state index in [9.17, 15) is 29.1 Å². The maximum atomic E-state index is 15.0. The smallest absolute Gasteiger partial charge is 0.260 e. The van der Waals surface area contributed by atoms with Gasteiger partial charge in [0.2, 0.25) is 0 Å². The van der Waals surface area contributed by atoms with Crippen LogP contribution in [-0.4, -0.2) is 51.1 Å². The molecular weight excluding hydrogens is 685 g/mol. The number of hydrogen-bond acceptors (Lipinski definition) is 8. The largest absolute Gasteiger partial charge is 0.504 e. The highest BCUT2D eigenvalue weighted by atomic mass is 79.9. The van der Waals surface area contributed by atoms with Gasteiger partial charge in [0.25, 0.3) is 23.6 Å². The van der Waals surface area contributed by atoms with Crippen LogP contribution in [0.25, 0.3) is 0 Å². The molecule has 10 nitrogen and oxygen atoms in total. The number of ether oxygens (including phenoxy) is 1. The summed E-state index contributed by atoms with van der Waals surface area (Å²) < 4.78 is 19.7. The Labute approximate surface area is 275 Å². The Morgan fingerprint density at radius 1 is 1.00 bits per heavy atom. The van der Waals surface area contributed by atoms with E-state index >= 15 is 4.79 Å². The number of allylic oxidation sites excluding steroid dienone is 2. The third kappa shape index (κ3) is 4.23. The summed E-state index contributed by atoms with van der Waals surface area (Å²) in [5, 5.41) is 23.5. The van der Waals surface area contributed by atoms with E-state index in [0.717, 1.165) is 5.01 Å². The minimum atomic E-state index is -1.68. The second kappa shape index (κ2) is 10.9. The van der Waals surface area contributed by atoms with Crippen LogP contribution in [0, 0.1) is 29.5 Å². The van der Waals surface area contributed by atoms with Crippen molar-refractivity contribution in [3.63, 3.8) is 0 Å². The van der Waals surface area contributed by atoms with Gasteiger partial charge in [-0.15, -0.1) is 0 Å². The summed E-state index contributed by atoms with van der Waals surface area (Å²) in [4.78, 5) is 55.8. The van der Waals surface area contributed by atoms with Crippen LogP contribution in [-0.2, 0) is 24.6 Å². The van der Waals surface area contributed by atoms with Crippen LogP contribution in [0.4, 0.5) is 10.1 Å². The maximum absolute atomic E-state index is 15.0. The first-order chi connectivity index (χ1) is 22.0. The first kappa shape index (κ1) is 30.4. The number of nitrogens with one attached hydrogen (secondary N) is 1. The highest BCUT2D eigenvalue weighted by Crippen LogP contribution is 2.65. The summed E-state index contributed by atoms with van der Waals surface area (Å²) in [6.45, 7) is 0. The number of hydroxylamine groups is 2. The number of aromatic hydroxyl groups is 1. The van der Waals surface area contributed by atoms with Gasteiger partial charge in [-0.05, 0) is 72.9 Å². The number of benzene rings is 3. The van der Waals surface area contributed by atoms with Gasteiger partial charge in [-0.2, -0.15) is 10.1 Å².